The summed E-state index contributed by atoms with van der Waals surface area (Å²) in [4.78, 5) is 24.3. The largest absolute Gasteiger partial charge is 0.450 e. The van der Waals surface area contributed by atoms with Crippen LogP contribution in [0.15, 0.2) is 24.3 Å². The van der Waals surface area contributed by atoms with Crippen LogP contribution in [-0.4, -0.2) is 17.9 Å². The molecule has 0 bridgehead atoms. The van der Waals surface area contributed by atoms with Crippen LogP contribution in [0.3, 0.4) is 0 Å². The molecule has 1 aromatic carbocycles. The maximum absolute atomic E-state index is 12.4. The summed E-state index contributed by atoms with van der Waals surface area (Å²) < 4.78 is 5.30. The topological polar surface area (TPSA) is 43.4 Å². The number of esters is 1. The smallest absolute Gasteiger partial charge is 0.338 e. The van der Waals surface area contributed by atoms with E-state index in [-0.39, 0.29) is 5.78 Å². The zero-order valence-corrected chi connectivity index (χ0v) is 19.8. The van der Waals surface area contributed by atoms with E-state index >= 15 is 0 Å². The number of unbranched alkanes of at least 4 members (excludes halogenated alkanes) is 5. The second kappa shape index (κ2) is 14.1. The highest BCUT2D eigenvalue weighted by molar-refractivity contribution is 6.01. The Hall–Kier alpha value is -2.08. The predicted molar refractivity (Wildman–Crippen MR) is 127 cm³/mol. The molecule has 0 amide bonds. The van der Waals surface area contributed by atoms with Crippen molar-refractivity contribution in [2.24, 2.45) is 5.92 Å². The van der Waals surface area contributed by atoms with Gasteiger partial charge in [0.15, 0.2) is 6.10 Å². The molecule has 0 aliphatic heterocycles. The average molecular weight is 425 g/mol. The molecule has 0 aromatic heterocycles. The lowest BCUT2D eigenvalue weighted by Gasteiger charge is -2.29. The van der Waals surface area contributed by atoms with Gasteiger partial charge in [-0.2, -0.15) is 0 Å². The first-order chi connectivity index (χ1) is 15.0. The van der Waals surface area contributed by atoms with E-state index in [1.54, 1.807) is 6.92 Å². The molecule has 3 nitrogen and oxygen atoms in total. The van der Waals surface area contributed by atoms with Crippen LogP contribution in [-0.2, 0) is 9.53 Å². The number of Topliss-reactive ketones (excluding diaryl/α,β-unsaturated/α-hetero) is 1. The fourth-order valence-electron chi connectivity index (χ4n) is 4.37. The molecule has 1 saturated carbocycles. The van der Waals surface area contributed by atoms with Gasteiger partial charge in [-0.3, -0.25) is 4.79 Å². The normalized spacial score (nSPS) is 19.2. The van der Waals surface area contributed by atoms with Gasteiger partial charge in [0.1, 0.15) is 0 Å². The van der Waals surface area contributed by atoms with Gasteiger partial charge in [0.25, 0.3) is 0 Å². The van der Waals surface area contributed by atoms with E-state index in [1.807, 2.05) is 19.1 Å². The Bertz CT molecular complexity index is 730. The molecule has 1 fully saturated rings. The van der Waals surface area contributed by atoms with Gasteiger partial charge in [-0.15, -0.1) is 0 Å². The molecule has 1 atom stereocenters. The average Bonchev–Trinajstić information content (AvgIpc) is 2.79. The number of carbonyl (C=O) groups is 2. The Kier molecular flexibility index (Phi) is 11.4. The van der Waals surface area contributed by atoms with E-state index in [9.17, 15) is 9.59 Å². The molecule has 1 unspecified atom stereocenters. The van der Waals surface area contributed by atoms with E-state index in [1.165, 1.54) is 69.8 Å². The summed E-state index contributed by atoms with van der Waals surface area (Å²) in [6.45, 7) is 5.86. The molecule has 0 radical (unpaired) electrons. The van der Waals surface area contributed by atoms with Gasteiger partial charge >= 0.3 is 5.97 Å². The van der Waals surface area contributed by atoms with Crippen molar-refractivity contribution in [3.8, 4) is 11.8 Å². The molecular formula is C28H40O3. The number of ether oxygens (including phenoxy) is 1. The Morgan fingerprint density at radius 2 is 1.65 bits per heavy atom. The highest BCUT2D eigenvalue weighted by atomic mass is 16.5. The number of carbonyl (C=O) groups excluding carboxylic acids is 2. The molecule has 1 aliphatic rings. The molecule has 0 N–H and O–H groups in total. The van der Waals surface area contributed by atoms with Gasteiger partial charge in [0, 0.05) is 6.42 Å². The van der Waals surface area contributed by atoms with Gasteiger partial charge in [-0.1, -0.05) is 70.4 Å². The van der Waals surface area contributed by atoms with E-state index in [0.717, 1.165) is 12.3 Å². The zero-order chi connectivity index (χ0) is 22.5. The molecule has 0 saturated heterocycles. The minimum atomic E-state index is -0.839. The maximum atomic E-state index is 12.4. The molecule has 170 valence electrons. The fraction of sp³-hybridized carbons (Fsp3) is 0.643. The van der Waals surface area contributed by atoms with E-state index < -0.39 is 12.1 Å². The minimum absolute atomic E-state index is 0.347. The van der Waals surface area contributed by atoms with Crippen LogP contribution in [0.2, 0.25) is 0 Å². The molecule has 0 heterocycles. The van der Waals surface area contributed by atoms with Crippen LogP contribution in [0.5, 0.6) is 0 Å². The summed E-state index contributed by atoms with van der Waals surface area (Å²) >= 11 is 0. The summed E-state index contributed by atoms with van der Waals surface area (Å²) in [6, 6.07) is 7.77. The van der Waals surface area contributed by atoms with E-state index in [2.05, 4.69) is 30.9 Å². The second-order valence-electron chi connectivity index (χ2n) is 9.01. The van der Waals surface area contributed by atoms with Crippen LogP contribution in [0.1, 0.15) is 120 Å². The van der Waals surface area contributed by atoms with Crippen LogP contribution < -0.4 is 0 Å². The minimum Gasteiger partial charge on any atom is -0.450 e. The molecular weight excluding hydrogens is 384 g/mol. The lowest BCUT2D eigenvalue weighted by Crippen LogP contribution is -2.23. The van der Waals surface area contributed by atoms with Crippen LogP contribution in [0.25, 0.3) is 0 Å². The lowest BCUT2D eigenvalue weighted by molar-refractivity contribution is -0.121. The first kappa shape index (κ1) is 25.2. The Balaban J connectivity index is 1.77. The van der Waals surface area contributed by atoms with Crippen molar-refractivity contribution >= 4 is 11.8 Å². The molecule has 3 heteroatoms. The van der Waals surface area contributed by atoms with Crippen molar-refractivity contribution in [3.63, 3.8) is 0 Å². The van der Waals surface area contributed by atoms with Crippen molar-refractivity contribution < 1.29 is 14.3 Å². The molecule has 2 rings (SSSR count). The Labute approximate surface area is 189 Å². The number of ketones is 1. The van der Waals surface area contributed by atoms with Crippen LogP contribution >= 0.6 is 0 Å². The predicted octanol–water partition coefficient (Wildman–Crippen LogP) is 7.24. The molecule has 1 aromatic rings. The first-order valence-corrected chi connectivity index (χ1v) is 12.4. The summed E-state index contributed by atoms with van der Waals surface area (Å²) in [7, 11) is 0. The van der Waals surface area contributed by atoms with Gasteiger partial charge in [0.05, 0.1) is 5.56 Å². The van der Waals surface area contributed by atoms with Crippen LogP contribution in [0.4, 0.5) is 0 Å². The fourth-order valence-corrected chi connectivity index (χ4v) is 4.37. The molecule has 1 aliphatic carbocycles. The Morgan fingerprint density at radius 3 is 2.29 bits per heavy atom. The standard InChI is InChI=1S/C28H40O3/c1-4-6-8-9-11-12-23-14-16-24(17-15-23)25-18-20-26(21-19-25)28(30)31-22(3)27(29)13-10-7-5-2/h18-24H,4-9,11-12,14-17H2,1-3H3/t22?,23-,24-. The third-order valence-corrected chi connectivity index (χ3v) is 6.42. The molecule has 31 heavy (non-hydrogen) atoms. The van der Waals surface area contributed by atoms with Crippen molar-refractivity contribution in [3.05, 3.63) is 35.4 Å². The van der Waals surface area contributed by atoms with Crippen molar-refractivity contribution in [1.82, 2.24) is 0 Å². The zero-order valence-electron chi connectivity index (χ0n) is 19.8. The summed E-state index contributed by atoms with van der Waals surface area (Å²) in [5.41, 5.74) is 1.80. The highest BCUT2D eigenvalue weighted by Gasteiger charge is 2.23. The van der Waals surface area contributed by atoms with E-state index in [0.29, 0.717) is 17.9 Å². The van der Waals surface area contributed by atoms with Crippen molar-refractivity contribution in [2.75, 3.05) is 0 Å². The number of rotatable bonds is 11. The van der Waals surface area contributed by atoms with Gasteiger partial charge < -0.3 is 4.74 Å². The van der Waals surface area contributed by atoms with Crippen molar-refractivity contribution in [2.45, 2.75) is 110 Å². The van der Waals surface area contributed by atoms with Crippen LogP contribution in [0, 0.1) is 17.8 Å². The van der Waals surface area contributed by atoms with E-state index in [4.69, 9.17) is 4.74 Å². The second-order valence-corrected chi connectivity index (χ2v) is 9.01. The summed E-state index contributed by atoms with van der Waals surface area (Å²) in [5, 5.41) is 0. The lowest BCUT2D eigenvalue weighted by atomic mass is 9.77. The monoisotopic (exact) mass is 424 g/mol. The maximum Gasteiger partial charge on any atom is 0.338 e. The highest BCUT2D eigenvalue weighted by Crippen LogP contribution is 2.37. The SMILES string of the molecule is CCCC#CC(=O)C(C)OC(=O)c1ccc([C@H]2CC[C@H](CCCCCCC)CC2)cc1. The number of benzene rings is 1. The van der Waals surface area contributed by atoms with Gasteiger partial charge in [0.2, 0.25) is 5.78 Å². The summed E-state index contributed by atoms with van der Waals surface area (Å²) in [5.74, 6) is 6.03. The summed E-state index contributed by atoms with van der Waals surface area (Å²) in [6.07, 6.45) is 14.1. The van der Waals surface area contributed by atoms with Crippen molar-refractivity contribution in [1.29, 1.82) is 0 Å². The Morgan fingerprint density at radius 1 is 0.968 bits per heavy atom. The number of hydrogen-bond acceptors (Lipinski definition) is 3. The quantitative estimate of drug-likeness (QED) is 0.163. The number of hydrogen-bond donors (Lipinski definition) is 0. The van der Waals surface area contributed by atoms with Gasteiger partial charge in [-0.05, 0) is 74.5 Å². The van der Waals surface area contributed by atoms with Gasteiger partial charge in [-0.25, -0.2) is 4.79 Å². The molecule has 0 spiro atoms. The first-order valence-electron chi connectivity index (χ1n) is 12.4. The third kappa shape index (κ3) is 8.90. The third-order valence-electron chi connectivity index (χ3n) is 6.42.